The van der Waals surface area contributed by atoms with Gasteiger partial charge in [0.15, 0.2) is 0 Å². The lowest BCUT2D eigenvalue weighted by Gasteiger charge is -2.28. The van der Waals surface area contributed by atoms with E-state index in [1.807, 2.05) is 0 Å². The molecule has 4 nitrogen and oxygen atoms in total. The van der Waals surface area contributed by atoms with Gasteiger partial charge in [0.25, 0.3) is 0 Å². The van der Waals surface area contributed by atoms with E-state index in [0.717, 1.165) is 36.7 Å². The van der Waals surface area contributed by atoms with Gasteiger partial charge in [-0.1, -0.05) is 25.1 Å². The average molecular weight is 344 g/mol. The molecule has 104 valence electrons. The number of halogens is 1. The molecular weight excluding hydrogens is 326 g/mol. The van der Waals surface area contributed by atoms with Crippen LogP contribution in [0.15, 0.2) is 4.47 Å². The minimum atomic E-state index is 0.596. The minimum absolute atomic E-state index is 0.596. The van der Waals surface area contributed by atoms with Crippen molar-refractivity contribution in [3.05, 3.63) is 14.8 Å². The highest BCUT2D eigenvalue weighted by Crippen LogP contribution is 2.37. The Morgan fingerprint density at radius 1 is 1.26 bits per heavy atom. The van der Waals surface area contributed by atoms with E-state index in [0.29, 0.717) is 10.6 Å². The van der Waals surface area contributed by atoms with Crippen molar-refractivity contribution in [2.45, 2.75) is 31.6 Å². The second-order valence-corrected chi connectivity index (χ2v) is 6.35. The SMILES string of the molecule is S=c1nc(N2CCOCC2)[nH]c(C2CCCC2)c1Br. The van der Waals surface area contributed by atoms with Crippen LogP contribution in [0.5, 0.6) is 0 Å². The van der Waals surface area contributed by atoms with Gasteiger partial charge in [0.1, 0.15) is 4.64 Å². The van der Waals surface area contributed by atoms with Crippen LogP contribution in [0.1, 0.15) is 37.3 Å². The van der Waals surface area contributed by atoms with E-state index in [2.05, 4.69) is 30.8 Å². The molecule has 0 spiro atoms. The summed E-state index contributed by atoms with van der Waals surface area (Å²) < 4.78 is 7.03. The largest absolute Gasteiger partial charge is 0.378 e. The summed E-state index contributed by atoms with van der Waals surface area (Å²) in [5, 5.41) is 0. The molecule has 0 amide bonds. The number of anilines is 1. The highest BCUT2D eigenvalue weighted by molar-refractivity contribution is 9.10. The molecule has 1 saturated heterocycles. The third kappa shape index (κ3) is 2.85. The molecule has 1 aromatic heterocycles. The second-order valence-electron chi connectivity index (χ2n) is 5.17. The summed E-state index contributed by atoms with van der Waals surface area (Å²) >= 11 is 9.00. The lowest BCUT2D eigenvalue weighted by molar-refractivity contribution is 0.122. The fourth-order valence-corrected chi connectivity index (χ4v) is 3.59. The number of aromatic nitrogens is 2. The Bertz CT molecular complexity index is 507. The van der Waals surface area contributed by atoms with Crippen molar-refractivity contribution in [1.82, 2.24) is 9.97 Å². The van der Waals surface area contributed by atoms with Crippen LogP contribution in [-0.2, 0) is 4.74 Å². The Labute approximate surface area is 126 Å². The standard InChI is InChI=1S/C13H18BrN3OS/c14-10-11(9-3-1-2-4-9)15-13(16-12(10)19)17-5-7-18-8-6-17/h9H,1-8H2,(H,15,16,19). The quantitative estimate of drug-likeness (QED) is 0.835. The fourth-order valence-electron chi connectivity index (χ4n) is 2.88. The first-order chi connectivity index (χ1) is 9.25. The molecule has 2 aliphatic rings. The van der Waals surface area contributed by atoms with Crippen molar-refractivity contribution < 1.29 is 4.74 Å². The maximum atomic E-state index is 5.40. The van der Waals surface area contributed by atoms with Crippen molar-refractivity contribution in [2.24, 2.45) is 0 Å². The minimum Gasteiger partial charge on any atom is -0.378 e. The normalized spacial score (nSPS) is 21.0. The van der Waals surface area contributed by atoms with E-state index < -0.39 is 0 Å². The van der Waals surface area contributed by atoms with Crippen LogP contribution in [0, 0.1) is 4.64 Å². The van der Waals surface area contributed by atoms with Crippen molar-refractivity contribution in [1.29, 1.82) is 0 Å². The van der Waals surface area contributed by atoms with E-state index in [1.54, 1.807) is 0 Å². The number of morpholine rings is 1. The molecule has 0 atom stereocenters. The first kappa shape index (κ1) is 13.5. The summed E-state index contributed by atoms with van der Waals surface area (Å²) in [7, 11) is 0. The molecule has 1 aromatic rings. The third-order valence-electron chi connectivity index (χ3n) is 3.95. The van der Waals surface area contributed by atoms with Crippen LogP contribution >= 0.6 is 28.1 Å². The highest BCUT2D eigenvalue weighted by Gasteiger charge is 2.23. The summed E-state index contributed by atoms with van der Waals surface area (Å²) in [5.41, 5.74) is 1.24. The van der Waals surface area contributed by atoms with Crippen molar-refractivity contribution in [3.63, 3.8) is 0 Å². The van der Waals surface area contributed by atoms with Gasteiger partial charge in [0.05, 0.1) is 17.7 Å². The summed E-state index contributed by atoms with van der Waals surface area (Å²) in [6, 6.07) is 0. The molecule has 0 bridgehead atoms. The molecule has 2 fully saturated rings. The van der Waals surface area contributed by atoms with Crippen molar-refractivity contribution in [2.75, 3.05) is 31.2 Å². The van der Waals surface area contributed by atoms with Gasteiger partial charge in [-0.2, -0.15) is 0 Å². The van der Waals surface area contributed by atoms with Gasteiger partial charge in [-0.3, -0.25) is 0 Å². The molecule has 2 heterocycles. The monoisotopic (exact) mass is 343 g/mol. The van der Waals surface area contributed by atoms with Gasteiger partial charge in [0.2, 0.25) is 5.95 Å². The van der Waals surface area contributed by atoms with Gasteiger partial charge in [-0.15, -0.1) is 0 Å². The molecule has 3 rings (SSSR count). The molecule has 1 aliphatic carbocycles. The van der Waals surface area contributed by atoms with E-state index >= 15 is 0 Å². The number of aromatic amines is 1. The van der Waals surface area contributed by atoms with E-state index in [1.165, 1.54) is 31.4 Å². The van der Waals surface area contributed by atoms with Crippen molar-refractivity contribution in [3.8, 4) is 0 Å². The number of nitrogens with zero attached hydrogens (tertiary/aromatic N) is 2. The summed E-state index contributed by atoms with van der Waals surface area (Å²) in [6.45, 7) is 3.28. The zero-order chi connectivity index (χ0) is 13.2. The molecule has 1 saturated carbocycles. The smallest absolute Gasteiger partial charge is 0.204 e. The van der Waals surface area contributed by atoms with Crippen LogP contribution in [-0.4, -0.2) is 36.3 Å². The number of hydrogen-bond acceptors (Lipinski definition) is 4. The summed E-state index contributed by atoms with van der Waals surface area (Å²) in [5.74, 6) is 1.50. The summed E-state index contributed by atoms with van der Waals surface area (Å²) in [6.07, 6.45) is 5.12. The lowest BCUT2D eigenvalue weighted by atomic mass is 10.0. The Balaban J connectivity index is 1.94. The predicted molar refractivity (Wildman–Crippen MR) is 81.4 cm³/mol. The molecule has 0 aromatic carbocycles. The van der Waals surface area contributed by atoms with Crippen LogP contribution in [0.4, 0.5) is 5.95 Å². The van der Waals surface area contributed by atoms with Crippen LogP contribution in [0.25, 0.3) is 0 Å². The Hall–Kier alpha value is -0.460. The number of rotatable bonds is 2. The molecular formula is C13H18BrN3OS. The second kappa shape index (κ2) is 5.89. The molecule has 0 unspecified atom stereocenters. The number of nitrogens with one attached hydrogen (secondary N) is 1. The average Bonchev–Trinajstić information content (AvgIpc) is 2.96. The Morgan fingerprint density at radius 2 is 1.95 bits per heavy atom. The van der Waals surface area contributed by atoms with E-state index in [-0.39, 0.29) is 0 Å². The van der Waals surface area contributed by atoms with Gasteiger partial charge >= 0.3 is 0 Å². The zero-order valence-electron chi connectivity index (χ0n) is 10.8. The fraction of sp³-hybridized carbons (Fsp3) is 0.692. The number of hydrogen-bond donors (Lipinski definition) is 1. The molecule has 6 heteroatoms. The van der Waals surface area contributed by atoms with Gasteiger partial charge in [0, 0.05) is 24.7 Å². The van der Waals surface area contributed by atoms with Gasteiger partial charge in [-0.05, 0) is 28.8 Å². The van der Waals surface area contributed by atoms with Gasteiger partial charge < -0.3 is 14.6 Å². The Morgan fingerprint density at radius 3 is 2.63 bits per heavy atom. The van der Waals surface area contributed by atoms with Crippen LogP contribution in [0.3, 0.4) is 0 Å². The number of H-pyrrole nitrogens is 1. The molecule has 0 radical (unpaired) electrons. The van der Waals surface area contributed by atoms with Crippen LogP contribution < -0.4 is 4.90 Å². The third-order valence-corrected chi connectivity index (χ3v) is 5.31. The zero-order valence-corrected chi connectivity index (χ0v) is 13.2. The number of ether oxygens (including phenoxy) is 1. The van der Waals surface area contributed by atoms with Crippen LogP contribution in [0.2, 0.25) is 0 Å². The van der Waals surface area contributed by atoms with Gasteiger partial charge in [-0.25, -0.2) is 4.98 Å². The van der Waals surface area contributed by atoms with Crippen molar-refractivity contribution >= 4 is 34.1 Å². The molecule has 1 N–H and O–H groups in total. The topological polar surface area (TPSA) is 41.2 Å². The van der Waals surface area contributed by atoms with E-state index in [4.69, 9.17) is 17.0 Å². The maximum absolute atomic E-state index is 5.40. The first-order valence-corrected chi connectivity index (χ1v) is 8.08. The first-order valence-electron chi connectivity index (χ1n) is 6.88. The lowest BCUT2D eigenvalue weighted by Crippen LogP contribution is -2.37. The molecule has 1 aliphatic heterocycles. The summed E-state index contributed by atoms with van der Waals surface area (Å²) in [4.78, 5) is 10.2. The molecule has 19 heavy (non-hydrogen) atoms. The maximum Gasteiger partial charge on any atom is 0.204 e. The Kier molecular flexibility index (Phi) is 4.19. The predicted octanol–water partition coefficient (Wildman–Crippen LogP) is 3.40. The van der Waals surface area contributed by atoms with E-state index in [9.17, 15) is 0 Å². The highest BCUT2D eigenvalue weighted by atomic mass is 79.9.